The van der Waals surface area contributed by atoms with Crippen LogP contribution >= 0.6 is 0 Å². The van der Waals surface area contributed by atoms with Gasteiger partial charge in [0, 0.05) is 0 Å². The summed E-state index contributed by atoms with van der Waals surface area (Å²) < 4.78 is 0.544. The Labute approximate surface area is 80.2 Å². The van der Waals surface area contributed by atoms with E-state index in [1.165, 1.54) is 0 Å². The molecule has 1 aliphatic rings. The molecule has 1 aliphatic heterocycles. The first kappa shape index (κ1) is 10.0. The Kier molecular flexibility index (Phi) is 3.88. The Bertz CT molecular complexity index is 130. The van der Waals surface area contributed by atoms with Crippen molar-refractivity contribution in [1.29, 1.82) is 0 Å². The molecule has 0 aromatic rings. The van der Waals surface area contributed by atoms with Gasteiger partial charge in [-0.3, -0.25) is 0 Å². The quantitative estimate of drug-likeness (QED) is 0.441. The molecule has 4 atom stereocenters. The molecular weight excluding hydrogens is 225 g/mol. The van der Waals surface area contributed by atoms with Crippen molar-refractivity contribution in [3.63, 3.8) is 0 Å². The van der Waals surface area contributed by atoms with Gasteiger partial charge >= 0.3 is 80.5 Å². The van der Waals surface area contributed by atoms with Crippen LogP contribution in [0.25, 0.3) is 0 Å². The number of aliphatic hydroxyl groups is 4. The van der Waals surface area contributed by atoms with Gasteiger partial charge < -0.3 is 0 Å². The van der Waals surface area contributed by atoms with Crippen LogP contribution in [0.2, 0.25) is 5.96 Å². The molecule has 11 heavy (non-hydrogen) atoms. The van der Waals surface area contributed by atoms with Gasteiger partial charge in [0.05, 0.1) is 0 Å². The van der Waals surface area contributed by atoms with E-state index in [2.05, 4.69) is 0 Å². The number of hydrogen-bond donors (Lipinski definition) is 4. The normalized spacial score (nSPS) is 44.4. The molecule has 0 aliphatic carbocycles. The molecule has 0 spiro atoms. The van der Waals surface area contributed by atoms with Gasteiger partial charge in [0.1, 0.15) is 0 Å². The third kappa shape index (κ3) is 2.20. The fourth-order valence-corrected chi connectivity index (χ4v) is 5.10. The molecule has 4 unspecified atom stereocenters. The average molecular weight is 237 g/mol. The minimum absolute atomic E-state index is 0.0495. The maximum atomic E-state index is 9.29. The fraction of sp³-hybridized carbons (Fsp3) is 1.00. The maximum absolute atomic E-state index is 9.29. The van der Waals surface area contributed by atoms with Crippen LogP contribution in [0.15, 0.2) is 0 Å². The van der Waals surface area contributed by atoms with Crippen molar-refractivity contribution in [2.24, 2.45) is 0 Å². The molecule has 0 bridgehead atoms. The molecule has 0 aromatic carbocycles. The van der Waals surface area contributed by atoms with Crippen LogP contribution in [0.3, 0.4) is 0 Å². The molecule has 1 fully saturated rings. The van der Waals surface area contributed by atoms with E-state index >= 15 is 0 Å². The predicted octanol–water partition coefficient (Wildman–Crippen LogP) is -1.64. The Balaban J connectivity index is 2.52. The molecule has 1 rings (SSSR count). The van der Waals surface area contributed by atoms with Crippen LogP contribution in [-0.2, 0) is 29.2 Å². The van der Waals surface area contributed by atoms with Gasteiger partial charge in [-0.25, -0.2) is 0 Å². The number of hydrogen-bond acceptors (Lipinski definition) is 4. The summed E-state index contributed by atoms with van der Waals surface area (Å²) >= 11 is -1.05. The van der Waals surface area contributed by atoms with Crippen molar-refractivity contribution in [3.8, 4) is 0 Å². The monoisotopic (exact) mass is 237 g/mol. The van der Waals surface area contributed by atoms with Crippen LogP contribution in [0.5, 0.6) is 0 Å². The summed E-state index contributed by atoms with van der Waals surface area (Å²) in [6.07, 6.45) is -2.70. The van der Waals surface area contributed by atoms with Crippen molar-refractivity contribution in [1.82, 2.24) is 0 Å². The molecule has 4 N–H and O–H groups in total. The van der Waals surface area contributed by atoms with Crippen LogP contribution in [0.1, 0.15) is 0 Å². The van der Waals surface area contributed by atoms with Gasteiger partial charge in [0.15, 0.2) is 0 Å². The van der Waals surface area contributed by atoms with Crippen molar-refractivity contribution >= 4 is 0 Å². The second-order valence-corrected chi connectivity index (χ2v) is 7.29. The zero-order valence-corrected chi connectivity index (χ0v) is 8.93. The van der Waals surface area contributed by atoms with Gasteiger partial charge in [0.2, 0.25) is 0 Å². The first-order valence-electron chi connectivity index (χ1n) is 3.65. The average Bonchev–Trinajstić information content (AvgIpc) is 2.01. The molecule has 0 radical (unpaired) electrons. The van der Waals surface area contributed by atoms with E-state index in [0.29, 0.717) is 3.23 Å². The summed E-state index contributed by atoms with van der Waals surface area (Å²) in [5.41, 5.74) is 0. The molecule has 4 nitrogen and oxygen atoms in total. The molecule has 1 saturated heterocycles. The van der Waals surface area contributed by atoms with Crippen molar-refractivity contribution in [2.75, 3.05) is 6.61 Å². The zero-order chi connectivity index (χ0) is 8.43. The predicted molar refractivity (Wildman–Crippen MR) is 33.7 cm³/mol. The second-order valence-electron chi connectivity index (χ2n) is 2.87. The summed E-state index contributed by atoms with van der Waals surface area (Å²) in [6.45, 7) is -0.0495. The van der Waals surface area contributed by atoms with Gasteiger partial charge in [0.25, 0.3) is 0 Å². The van der Waals surface area contributed by atoms with Crippen molar-refractivity contribution < 1.29 is 49.6 Å². The van der Waals surface area contributed by atoms with E-state index in [1.807, 2.05) is 0 Å². The summed E-state index contributed by atoms with van der Waals surface area (Å²) in [5.74, 6) is 0. The molecule has 63 valence electrons. The van der Waals surface area contributed by atoms with Crippen LogP contribution in [0.4, 0.5) is 0 Å². The topological polar surface area (TPSA) is 80.9 Å². The molecule has 0 saturated carbocycles. The SMILES string of the molecule is OC[CH]1[Y][CH2]C(O)C(O)C1O. The summed E-state index contributed by atoms with van der Waals surface area (Å²) in [7, 11) is 0. The Hall–Kier alpha value is 0.944. The van der Waals surface area contributed by atoms with E-state index in [9.17, 15) is 5.11 Å². The standard InChI is InChI=1S/C6H12O4.Y/c1-4(8)6(10)5(9)2-3-7;/h2,4-10H,1,3H2;. The van der Waals surface area contributed by atoms with Crippen molar-refractivity contribution in [3.05, 3.63) is 0 Å². The Morgan fingerprint density at radius 3 is 2.36 bits per heavy atom. The fourth-order valence-electron chi connectivity index (χ4n) is 1.26. The first-order valence-corrected chi connectivity index (χ1v) is 7.29. The van der Waals surface area contributed by atoms with Gasteiger partial charge in [-0.05, 0) is 0 Å². The van der Waals surface area contributed by atoms with Gasteiger partial charge in [-0.15, -0.1) is 0 Å². The number of aliphatic hydroxyl groups excluding tert-OH is 4. The molecule has 0 amide bonds. The third-order valence-electron chi connectivity index (χ3n) is 2.07. The molecular formula is C6H12O4Y. The first-order chi connectivity index (χ1) is 5.16. The van der Waals surface area contributed by atoms with E-state index < -0.39 is 47.5 Å². The molecule has 5 heteroatoms. The van der Waals surface area contributed by atoms with Crippen LogP contribution in [-0.4, -0.2) is 45.3 Å². The second kappa shape index (κ2) is 4.26. The minimum atomic E-state index is -1.05. The van der Waals surface area contributed by atoms with Crippen LogP contribution in [0, 0.1) is 0 Å². The Morgan fingerprint density at radius 1 is 1.18 bits per heavy atom. The van der Waals surface area contributed by atoms with Gasteiger partial charge in [-0.2, -0.15) is 0 Å². The van der Waals surface area contributed by atoms with E-state index in [1.54, 1.807) is 0 Å². The van der Waals surface area contributed by atoms with Crippen molar-refractivity contribution in [2.45, 2.75) is 24.3 Å². The van der Waals surface area contributed by atoms with Gasteiger partial charge in [-0.1, -0.05) is 0 Å². The summed E-state index contributed by atoms with van der Waals surface area (Å²) in [4.78, 5) is 0. The summed E-state index contributed by atoms with van der Waals surface area (Å²) in [6, 6.07) is 0. The van der Waals surface area contributed by atoms with E-state index in [4.69, 9.17) is 15.3 Å². The molecule has 1 heterocycles. The van der Waals surface area contributed by atoms with E-state index in [0.717, 1.165) is 0 Å². The number of rotatable bonds is 1. The summed E-state index contributed by atoms with van der Waals surface area (Å²) in [5, 5.41) is 36.3. The van der Waals surface area contributed by atoms with Crippen LogP contribution < -0.4 is 0 Å². The zero-order valence-electron chi connectivity index (χ0n) is 6.09. The van der Waals surface area contributed by atoms with E-state index in [-0.39, 0.29) is 9.34 Å². The third-order valence-corrected chi connectivity index (χ3v) is 6.91. The molecule has 0 aromatic heterocycles. The Morgan fingerprint density at radius 2 is 1.82 bits per heavy atom.